The van der Waals surface area contributed by atoms with Gasteiger partial charge in [-0.05, 0) is 55.2 Å². The Kier molecular flexibility index (Phi) is 6.75. The Morgan fingerprint density at radius 3 is 2.51 bits per heavy atom. The first kappa shape index (κ1) is 23.0. The molecule has 1 aliphatic carbocycles. The molecule has 5 rings (SSSR count). The monoisotopic (exact) mass is 474 g/mol. The standard InChI is InChI=1S/C28H30N2O5/c1-19-9-12-21(13-10-19)26(27(31)29-22-6-3-2-4-7-22)30(28(32)24-8-5-15-33-24)17-20-11-14-23-25(16-20)35-18-34-23/h5,8-16,22,26H,2-4,6-7,17-18H2,1H3,(H,29,31)/t26-/m0/s1. The number of fused-ring (bicyclic) bond motifs is 1. The molecule has 2 amide bonds. The summed E-state index contributed by atoms with van der Waals surface area (Å²) in [6.07, 6.45) is 6.79. The first-order chi connectivity index (χ1) is 17.1. The summed E-state index contributed by atoms with van der Waals surface area (Å²) in [7, 11) is 0. The van der Waals surface area contributed by atoms with Gasteiger partial charge in [-0.1, -0.05) is 55.2 Å². The number of carbonyl (C=O) groups excluding carboxylic acids is 2. The summed E-state index contributed by atoms with van der Waals surface area (Å²) in [5.74, 6) is 0.959. The number of aryl methyl sites for hydroxylation is 1. The Bertz CT molecular complexity index is 1170. The molecule has 1 aromatic heterocycles. The average molecular weight is 475 g/mol. The first-order valence-corrected chi connectivity index (χ1v) is 12.2. The number of amides is 2. The number of ether oxygens (including phenoxy) is 2. The molecule has 2 aliphatic rings. The van der Waals surface area contributed by atoms with Crippen LogP contribution in [0.3, 0.4) is 0 Å². The molecule has 0 radical (unpaired) electrons. The van der Waals surface area contributed by atoms with Gasteiger partial charge in [-0.25, -0.2) is 0 Å². The van der Waals surface area contributed by atoms with Crippen molar-refractivity contribution in [3.8, 4) is 11.5 Å². The highest BCUT2D eigenvalue weighted by Gasteiger charge is 2.34. The molecule has 1 atom stereocenters. The smallest absolute Gasteiger partial charge is 0.290 e. The number of hydrogen-bond acceptors (Lipinski definition) is 5. The van der Waals surface area contributed by atoms with E-state index in [1.807, 2.05) is 49.4 Å². The Balaban J connectivity index is 1.51. The number of hydrogen-bond donors (Lipinski definition) is 1. The minimum Gasteiger partial charge on any atom is -0.459 e. The summed E-state index contributed by atoms with van der Waals surface area (Å²) in [4.78, 5) is 29.1. The van der Waals surface area contributed by atoms with Crippen LogP contribution >= 0.6 is 0 Å². The van der Waals surface area contributed by atoms with Crippen LogP contribution in [0, 0.1) is 6.92 Å². The van der Waals surface area contributed by atoms with Crippen molar-refractivity contribution in [1.29, 1.82) is 0 Å². The van der Waals surface area contributed by atoms with Crippen molar-refractivity contribution in [3.63, 3.8) is 0 Å². The summed E-state index contributed by atoms with van der Waals surface area (Å²) in [5.41, 5.74) is 2.67. The van der Waals surface area contributed by atoms with Crippen molar-refractivity contribution in [1.82, 2.24) is 10.2 Å². The zero-order valence-corrected chi connectivity index (χ0v) is 19.9. The van der Waals surface area contributed by atoms with E-state index in [9.17, 15) is 9.59 Å². The lowest BCUT2D eigenvalue weighted by atomic mass is 9.94. The molecule has 35 heavy (non-hydrogen) atoms. The number of furan rings is 1. The fourth-order valence-corrected chi connectivity index (χ4v) is 4.81. The third-order valence-electron chi connectivity index (χ3n) is 6.69. The number of nitrogens with one attached hydrogen (secondary N) is 1. The van der Waals surface area contributed by atoms with E-state index in [0.29, 0.717) is 11.5 Å². The van der Waals surface area contributed by atoms with Crippen molar-refractivity contribution in [2.75, 3.05) is 6.79 Å². The maximum atomic E-state index is 13.8. The fourth-order valence-electron chi connectivity index (χ4n) is 4.81. The van der Waals surface area contributed by atoms with E-state index in [2.05, 4.69) is 5.32 Å². The summed E-state index contributed by atoms with van der Waals surface area (Å²) in [5, 5.41) is 3.23. The molecule has 7 nitrogen and oxygen atoms in total. The molecule has 0 spiro atoms. The minimum absolute atomic E-state index is 0.121. The fraction of sp³-hybridized carbons (Fsp3) is 0.357. The van der Waals surface area contributed by atoms with E-state index in [4.69, 9.17) is 13.9 Å². The Morgan fingerprint density at radius 1 is 1.00 bits per heavy atom. The summed E-state index contributed by atoms with van der Waals surface area (Å²) in [6.45, 7) is 2.37. The van der Waals surface area contributed by atoms with Crippen LogP contribution in [0.15, 0.2) is 65.3 Å². The lowest BCUT2D eigenvalue weighted by Gasteiger charge is -2.33. The quantitative estimate of drug-likeness (QED) is 0.512. The zero-order chi connectivity index (χ0) is 24.2. The van der Waals surface area contributed by atoms with Crippen LogP contribution in [0.4, 0.5) is 0 Å². The number of benzene rings is 2. The molecule has 1 N–H and O–H groups in total. The van der Waals surface area contributed by atoms with Gasteiger partial charge in [0.15, 0.2) is 17.3 Å². The van der Waals surface area contributed by atoms with Gasteiger partial charge in [0.2, 0.25) is 12.7 Å². The van der Waals surface area contributed by atoms with Gasteiger partial charge in [-0.3, -0.25) is 9.59 Å². The molecular weight excluding hydrogens is 444 g/mol. The second kappa shape index (κ2) is 10.3. The van der Waals surface area contributed by atoms with Crippen LogP contribution in [-0.4, -0.2) is 29.5 Å². The van der Waals surface area contributed by atoms with Gasteiger partial charge < -0.3 is 24.1 Å². The SMILES string of the molecule is Cc1ccc([C@@H](C(=O)NC2CCCCC2)N(Cc2ccc3c(c2)OCO3)C(=O)c2ccco2)cc1. The van der Waals surface area contributed by atoms with Gasteiger partial charge in [0.1, 0.15) is 6.04 Å². The third-order valence-corrected chi connectivity index (χ3v) is 6.69. The molecule has 2 aromatic carbocycles. The second-order valence-corrected chi connectivity index (χ2v) is 9.25. The van der Waals surface area contributed by atoms with Gasteiger partial charge >= 0.3 is 0 Å². The van der Waals surface area contributed by atoms with Crippen LogP contribution in [0.1, 0.15) is 65.4 Å². The van der Waals surface area contributed by atoms with Crippen LogP contribution in [0.5, 0.6) is 11.5 Å². The van der Waals surface area contributed by atoms with Crippen molar-refractivity contribution < 1.29 is 23.5 Å². The van der Waals surface area contributed by atoms with E-state index in [1.165, 1.54) is 12.7 Å². The summed E-state index contributed by atoms with van der Waals surface area (Å²) >= 11 is 0. The number of carbonyl (C=O) groups is 2. The molecule has 7 heteroatoms. The first-order valence-electron chi connectivity index (χ1n) is 12.2. The van der Waals surface area contributed by atoms with Gasteiger partial charge in [0, 0.05) is 12.6 Å². The van der Waals surface area contributed by atoms with Crippen molar-refractivity contribution >= 4 is 11.8 Å². The highest BCUT2D eigenvalue weighted by molar-refractivity contribution is 5.96. The largest absolute Gasteiger partial charge is 0.459 e. The van der Waals surface area contributed by atoms with E-state index in [-0.39, 0.29) is 37.0 Å². The van der Waals surface area contributed by atoms with E-state index >= 15 is 0 Å². The molecule has 0 bridgehead atoms. The van der Waals surface area contributed by atoms with Crippen molar-refractivity contribution in [2.45, 2.75) is 57.7 Å². The van der Waals surface area contributed by atoms with Crippen LogP contribution < -0.4 is 14.8 Å². The van der Waals surface area contributed by atoms with Crippen LogP contribution in [0.2, 0.25) is 0 Å². The van der Waals surface area contributed by atoms with Crippen LogP contribution in [-0.2, 0) is 11.3 Å². The van der Waals surface area contributed by atoms with Crippen molar-refractivity contribution in [3.05, 3.63) is 83.3 Å². The Hall–Kier alpha value is -3.74. The zero-order valence-electron chi connectivity index (χ0n) is 19.9. The highest BCUT2D eigenvalue weighted by atomic mass is 16.7. The molecule has 1 aliphatic heterocycles. The topological polar surface area (TPSA) is 81.0 Å². The van der Waals surface area contributed by atoms with Crippen LogP contribution in [0.25, 0.3) is 0 Å². The van der Waals surface area contributed by atoms with E-state index in [1.54, 1.807) is 17.0 Å². The maximum Gasteiger partial charge on any atom is 0.290 e. The van der Waals surface area contributed by atoms with E-state index in [0.717, 1.165) is 42.4 Å². The molecular formula is C28H30N2O5. The second-order valence-electron chi connectivity index (χ2n) is 9.25. The number of nitrogens with zero attached hydrogens (tertiary/aromatic N) is 1. The summed E-state index contributed by atoms with van der Waals surface area (Å²) in [6, 6.07) is 15.9. The van der Waals surface area contributed by atoms with Crippen molar-refractivity contribution in [2.24, 2.45) is 0 Å². The minimum atomic E-state index is -0.819. The third kappa shape index (κ3) is 5.19. The number of rotatable bonds is 7. The normalized spacial score (nSPS) is 16.0. The maximum absolute atomic E-state index is 13.8. The Morgan fingerprint density at radius 2 is 1.77 bits per heavy atom. The molecule has 2 heterocycles. The van der Waals surface area contributed by atoms with Gasteiger partial charge in [-0.15, -0.1) is 0 Å². The predicted octanol–water partition coefficient (Wildman–Crippen LogP) is 5.15. The molecule has 1 saturated carbocycles. The summed E-state index contributed by atoms with van der Waals surface area (Å²) < 4.78 is 16.4. The average Bonchev–Trinajstić information content (AvgIpc) is 3.57. The molecule has 182 valence electrons. The van der Waals surface area contributed by atoms with Gasteiger partial charge in [-0.2, -0.15) is 0 Å². The van der Waals surface area contributed by atoms with Gasteiger partial charge in [0.25, 0.3) is 5.91 Å². The molecule has 0 saturated heterocycles. The molecule has 1 fully saturated rings. The molecule has 0 unspecified atom stereocenters. The lowest BCUT2D eigenvalue weighted by molar-refractivity contribution is -0.127. The Labute approximate surface area is 205 Å². The lowest BCUT2D eigenvalue weighted by Crippen LogP contribution is -2.46. The predicted molar refractivity (Wildman–Crippen MR) is 130 cm³/mol. The van der Waals surface area contributed by atoms with E-state index < -0.39 is 6.04 Å². The molecule has 3 aromatic rings. The van der Waals surface area contributed by atoms with Gasteiger partial charge in [0.05, 0.1) is 6.26 Å². The highest BCUT2D eigenvalue weighted by Crippen LogP contribution is 2.34.